The van der Waals surface area contributed by atoms with Gasteiger partial charge in [-0.25, -0.2) is 15.0 Å². The molecule has 0 spiro atoms. The summed E-state index contributed by atoms with van der Waals surface area (Å²) >= 11 is 0. The van der Waals surface area contributed by atoms with Gasteiger partial charge in [0, 0.05) is 12.4 Å². The van der Waals surface area contributed by atoms with Gasteiger partial charge in [-0.2, -0.15) is 4.98 Å². The van der Waals surface area contributed by atoms with Crippen LogP contribution in [0.25, 0.3) is 0 Å². The minimum Gasteiger partial charge on any atom is -0.384 e. The van der Waals surface area contributed by atoms with Crippen molar-refractivity contribution in [1.82, 2.24) is 19.9 Å². The number of rotatable bonds is 2. The normalized spacial score (nSPS) is 9.71. The number of nitrogens with two attached hydrogens (primary N) is 1. The van der Waals surface area contributed by atoms with Gasteiger partial charge in [0.2, 0.25) is 5.95 Å². The minimum absolute atomic E-state index is 0.413. The van der Waals surface area contributed by atoms with Crippen LogP contribution in [0.5, 0.6) is 0 Å². The molecule has 2 aromatic rings. The van der Waals surface area contributed by atoms with Crippen molar-refractivity contribution in [2.75, 3.05) is 11.1 Å². The Hall–Kier alpha value is -2.24. The summed E-state index contributed by atoms with van der Waals surface area (Å²) in [6.07, 6.45) is 4.64. The quantitative estimate of drug-likeness (QED) is 0.717. The predicted octanol–water partition coefficient (Wildman–Crippen LogP) is 0.592. The zero-order chi connectivity index (χ0) is 9.80. The van der Waals surface area contributed by atoms with Crippen molar-refractivity contribution in [2.24, 2.45) is 0 Å². The molecular weight excluding hydrogens is 180 g/mol. The first-order chi connectivity index (χ1) is 6.84. The molecule has 0 atom stereocenters. The summed E-state index contributed by atoms with van der Waals surface area (Å²) in [5.41, 5.74) is 5.49. The van der Waals surface area contributed by atoms with E-state index in [1.165, 1.54) is 6.33 Å². The fraction of sp³-hybridized carbons (Fsp3) is 0. The van der Waals surface area contributed by atoms with Gasteiger partial charge in [-0.05, 0) is 12.1 Å². The van der Waals surface area contributed by atoms with Crippen molar-refractivity contribution < 1.29 is 0 Å². The lowest BCUT2D eigenvalue weighted by Gasteiger charge is -2.02. The number of nitrogens with zero attached hydrogens (tertiary/aromatic N) is 4. The summed E-state index contributed by atoms with van der Waals surface area (Å²) in [7, 11) is 0. The first-order valence-electron chi connectivity index (χ1n) is 3.96. The Morgan fingerprint density at radius 2 is 2.07 bits per heavy atom. The Balaban J connectivity index is 2.19. The van der Waals surface area contributed by atoms with Crippen LogP contribution in [0.15, 0.2) is 30.9 Å². The molecule has 70 valence electrons. The van der Waals surface area contributed by atoms with E-state index >= 15 is 0 Å². The Morgan fingerprint density at radius 1 is 1.14 bits per heavy atom. The summed E-state index contributed by atoms with van der Waals surface area (Å²) in [5, 5.41) is 2.89. The Kier molecular flexibility index (Phi) is 2.18. The van der Waals surface area contributed by atoms with Gasteiger partial charge in [-0.1, -0.05) is 0 Å². The van der Waals surface area contributed by atoms with Crippen LogP contribution in [-0.4, -0.2) is 19.9 Å². The van der Waals surface area contributed by atoms with Gasteiger partial charge >= 0.3 is 0 Å². The SMILES string of the molecule is Nc1ccnc(Nc2ccncn2)n1. The molecule has 14 heavy (non-hydrogen) atoms. The maximum absolute atomic E-state index is 5.49. The lowest BCUT2D eigenvalue weighted by Crippen LogP contribution is -2.00. The predicted molar refractivity (Wildman–Crippen MR) is 51.8 cm³/mol. The molecule has 0 unspecified atom stereocenters. The Labute approximate surface area is 80.3 Å². The summed E-state index contributed by atoms with van der Waals surface area (Å²) in [6, 6.07) is 3.33. The highest BCUT2D eigenvalue weighted by molar-refractivity contribution is 5.48. The number of nitrogen functional groups attached to an aromatic ring is 1. The molecule has 2 aromatic heterocycles. The number of aromatic nitrogens is 4. The Bertz CT molecular complexity index is 415. The monoisotopic (exact) mass is 188 g/mol. The van der Waals surface area contributed by atoms with E-state index in [0.29, 0.717) is 17.6 Å². The fourth-order valence-electron chi connectivity index (χ4n) is 0.912. The Morgan fingerprint density at radius 3 is 2.79 bits per heavy atom. The van der Waals surface area contributed by atoms with Crippen LogP contribution in [0.2, 0.25) is 0 Å². The van der Waals surface area contributed by atoms with Crippen molar-refractivity contribution in [3.05, 3.63) is 30.9 Å². The number of anilines is 3. The van der Waals surface area contributed by atoms with E-state index < -0.39 is 0 Å². The molecule has 0 radical (unpaired) electrons. The van der Waals surface area contributed by atoms with Crippen molar-refractivity contribution in [1.29, 1.82) is 0 Å². The van der Waals surface area contributed by atoms with E-state index in [4.69, 9.17) is 5.73 Å². The standard InChI is InChI=1S/C8H8N6/c9-6-1-4-11-8(13-6)14-7-2-3-10-5-12-7/h1-5H,(H3,9,10,11,12,13,14). The molecule has 0 saturated carbocycles. The first kappa shape index (κ1) is 8.36. The molecule has 0 aliphatic rings. The highest BCUT2D eigenvalue weighted by atomic mass is 15.1. The molecule has 6 heteroatoms. The molecule has 0 aliphatic heterocycles. The highest BCUT2D eigenvalue weighted by Gasteiger charge is 1.97. The molecule has 3 N–H and O–H groups in total. The van der Waals surface area contributed by atoms with Gasteiger partial charge in [-0.15, -0.1) is 0 Å². The maximum atomic E-state index is 5.49. The van der Waals surface area contributed by atoms with Gasteiger partial charge in [0.1, 0.15) is 18.0 Å². The average molecular weight is 188 g/mol. The van der Waals surface area contributed by atoms with Gasteiger partial charge in [-0.3, -0.25) is 0 Å². The van der Waals surface area contributed by atoms with E-state index in [9.17, 15) is 0 Å². The lowest BCUT2D eigenvalue weighted by atomic mass is 10.5. The summed E-state index contributed by atoms with van der Waals surface area (Å²) in [6.45, 7) is 0. The highest BCUT2D eigenvalue weighted by Crippen LogP contribution is 2.08. The molecule has 2 heterocycles. The van der Waals surface area contributed by atoms with Crippen LogP contribution < -0.4 is 11.1 Å². The van der Waals surface area contributed by atoms with Crippen LogP contribution in [0.1, 0.15) is 0 Å². The smallest absolute Gasteiger partial charge is 0.230 e. The molecule has 0 fully saturated rings. The zero-order valence-electron chi connectivity index (χ0n) is 7.25. The van der Waals surface area contributed by atoms with Gasteiger partial charge in [0.25, 0.3) is 0 Å². The van der Waals surface area contributed by atoms with E-state index in [1.807, 2.05) is 0 Å². The number of hydrogen-bond donors (Lipinski definition) is 2. The van der Waals surface area contributed by atoms with Gasteiger partial charge < -0.3 is 11.1 Å². The number of nitrogens with one attached hydrogen (secondary N) is 1. The van der Waals surface area contributed by atoms with E-state index in [-0.39, 0.29) is 0 Å². The van der Waals surface area contributed by atoms with Crippen LogP contribution in [-0.2, 0) is 0 Å². The average Bonchev–Trinajstić information content (AvgIpc) is 2.19. The second-order valence-corrected chi connectivity index (χ2v) is 2.52. The van der Waals surface area contributed by atoms with E-state index in [1.54, 1.807) is 24.5 Å². The van der Waals surface area contributed by atoms with Crippen LogP contribution in [0.4, 0.5) is 17.6 Å². The molecule has 0 aromatic carbocycles. The third-order valence-electron chi connectivity index (χ3n) is 1.50. The van der Waals surface area contributed by atoms with Crippen LogP contribution in [0, 0.1) is 0 Å². The molecule has 2 rings (SSSR count). The molecule has 0 aliphatic carbocycles. The third-order valence-corrected chi connectivity index (χ3v) is 1.50. The summed E-state index contributed by atoms with van der Waals surface area (Å²) in [5.74, 6) is 1.46. The lowest BCUT2D eigenvalue weighted by molar-refractivity contribution is 1.12. The van der Waals surface area contributed by atoms with Gasteiger partial charge in [0.05, 0.1) is 0 Å². The van der Waals surface area contributed by atoms with Gasteiger partial charge in [0.15, 0.2) is 0 Å². The fourth-order valence-corrected chi connectivity index (χ4v) is 0.912. The third kappa shape index (κ3) is 1.92. The second kappa shape index (κ2) is 3.65. The van der Waals surface area contributed by atoms with Crippen LogP contribution >= 0.6 is 0 Å². The van der Waals surface area contributed by atoms with Crippen LogP contribution in [0.3, 0.4) is 0 Å². The van der Waals surface area contributed by atoms with Crippen molar-refractivity contribution in [3.63, 3.8) is 0 Å². The largest absolute Gasteiger partial charge is 0.384 e. The topological polar surface area (TPSA) is 89.6 Å². The molecule has 6 nitrogen and oxygen atoms in total. The maximum Gasteiger partial charge on any atom is 0.230 e. The summed E-state index contributed by atoms with van der Waals surface area (Å²) in [4.78, 5) is 15.7. The van der Waals surface area contributed by atoms with Crippen molar-refractivity contribution in [3.8, 4) is 0 Å². The van der Waals surface area contributed by atoms with E-state index in [0.717, 1.165) is 0 Å². The molecule has 0 saturated heterocycles. The number of hydrogen-bond acceptors (Lipinski definition) is 6. The molecular formula is C8H8N6. The zero-order valence-corrected chi connectivity index (χ0v) is 7.25. The van der Waals surface area contributed by atoms with Crippen molar-refractivity contribution in [2.45, 2.75) is 0 Å². The summed E-state index contributed by atoms with van der Waals surface area (Å²) < 4.78 is 0. The van der Waals surface area contributed by atoms with Crippen molar-refractivity contribution >= 4 is 17.6 Å². The minimum atomic E-state index is 0.413. The first-order valence-corrected chi connectivity index (χ1v) is 3.96. The second-order valence-electron chi connectivity index (χ2n) is 2.52. The van der Waals surface area contributed by atoms with E-state index in [2.05, 4.69) is 25.3 Å². The molecule has 0 amide bonds. The molecule has 0 bridgehead atoms.